The number of nitrogens with one attached hydrogen (secondary N) is 1. The fraction of sp³-hybridized carbons (Fsp3) is 0.400. The van der Waals surface area contributed by atoms with Gasteiger partial charge in [0.15, 0.2) is 0 Å². The Morgan fingerprint density at radius 1 is 1.29 bits per heavy atom. The number of hydrogen-bond donors (Lipinski definition) is 1. The number of carbonyl (C=O) groups is 1. The third kappa shape index (κ3) is 3.19. The van der Waals surface area contributed by atoms with Crippen LogP contribution in [-0.2, 0) is 0 Å². The average Bonchev–Trinajstić information content (AvgIpc) is 2.38. The minimum atomic E-state index is 0.0366. The van der Waals surface area contributed by atoms with Gasteiger partial charge in [-0.05, 0) is 44.2 Å². The van der Waals surface area contributed by atoms with Crippen molar-refractivity contribution < 1.29 is 4.79 Å². The number of aryl methyl sites for hydroxylation is 1. The van der Waals surface area contributed by atoms with Crippen LogP contribution in [0.2, 0.25) is 0 Å². The van der Waals surface area contributed by atoms with Gasteiger partial charge < -0.3 is 5.32 Å². The zero-order valence-corrected chi connectivity index (χ0v) is 10.3. The first-order chi connectivity index (χ1) is 8.27. The van der Waals surface area contributed by atoms with E-state index in [9.17, 15) is 4.79 Å². The summed E-state index contributed by atoms with van der Waals surface area (Å²) in [7, 11) is 0. The second-order valence-electron chi connectivity index (χ2n) is 4.61. The van der Waals surface area contributed by atoms with Crippen molar-refractivity contribution in [1.82, 2.24) is 5.32 Å². The second-order valence-corrected chi connectivity index (χ2v) is 4.61. The first-order valence-corrected chi connectivity index (χ1v) is 6.29. The van der Waals surface area contributed by atoms with Crippen molar-refractivity contribution in [3.05, 3.63) is 47.0 Å². The summed E-state index contributed by atoms with van der Waals surface area (Å²) >= 11 is 0. The summed E-state index contributed by atoms with van der Waals surface area (Å²) in [5.74, 6) is 0.0366. The normalized spacial score (nSPS) is 15.2. The lowest BCUT2D eigenvalue weighted by Gasteiger charge is -2.14. The summed E-state index contributed by atoms with van der Waals surface area (Å²) in [5, 5.41) is 3.00. The van der Waals surface area contributed by atoms with Gasteiger partial charge in [0.25, 0.3) is 5.91 Å². The van der Waals surface area contributed by atoms with Crippen LogP contribution in [0, 0.1) is 6.92 Å². The fourth-order valence-electron chi connectivity index (χ4n) is 2.18. The van der Waals surface area contributed by atoms with Gasteiger partial charge in [0, 0.05) is 12.1 Å². The van der Waals surface area contributed by atoms with Gasteiger partial charge in [-0.25, -0.2) is 0 Å². The van der Waals surface area contributed by atoms with Crippen LogP contribution in [0.15, 0.2) is 35.9 Å². The lowest BCUT2D eigenvalue weighted by Crippen LogP contribution is -2.26. The number of amides is 1. The number of rotatable bonds is 3. The molecule has 0 spiro atoms. The van der Waals surface area contributed by atoms with E-state index in [1.54, 1.807) is 0 Å². The maximum Gasteiger partial charge on any atom is 0.251 e. The third-order valence-electron chi connectivity index (χ3n) is 3.25. The van der Waals surface area contributed by atoms with Crippen LogP contribution in [0.1, 0.15) is 41.6 Å². The molecule has 1 aromatic carbocycles. The number of hydrogen-bond acceptors (Lipinski definition) is 1. The molecule has 17 heavy (non-hydrogen) atoms. The summed E-state index contributed by atoms with van der Waals surface area (Å²) in [6.07, 6.45) is 7.10. The van der Waals surface area contributed by atoms with Crippen molar-refractivity contribution in [3.8, 4) is 0 Å². The maximum atomic E-state index is 12.0. The zero-order valence-electron chi connectivity index (χ0n) is 10.3. The van der Waals surface area contributed by atoms with E-state index < -0.39 is 0 Å². The van der Waals surface area contributed by atoms with Gasteiger partial charge in [0.05, 0.1) is 0 Å². The highest BCUT2D eigenvalue weighted by Gasteiger charge is 2.09. The smallest absolute Gasteiger partial charge is 0.251 e. The van der Waals surface area contributed by atoms with Crippen molar-refractivity contribution in [2.45, 2.75) is 32.6 Å². The summed E-state index contributed by atoms with van der Waals surface area (Å²) in [4.78, 5) is 12.0. The van der Waals surface area contributed by atoms with Crippen LogP contribution in [0.25, 0.3) is 0 Å². The van der Waals surface area contributed by atoms with Gasteiger partial charge in [-0.15, -0.1) is 0 Å². The molecule has 1 aliphatic carbocycles. The molecular weight excluding hydrogens is 210 g/mol. The van der Waals surface area contributed by atoms with E-state index >= 15 is 0 Å². The second kappa shape index (κ2) is 5.67. The van der Waals surface area contributed by atoms with E-state index in [4.69, 9.17) is 0 Å². The van der Waals surface area contributed by atoms with Crippen LogP contribution < -0.4 is 5.32 Å². The van der Waals surface area contributed by atoms with E-state index in [-0.39, 0.29) is 5.91 Å². The van der Waals surface area contributed by atoms with Gasteiger partial charge in [0.1, 0.15) is 0 Å². The summed E-state index contributed by atoms with van der Waals surface area (Å²) in [5.41, 5.74) is 3.18. The van der Waals surface area contributed by atoms with Crippen LogP contribution in [0.5, 0.6) is 0 Å². The molecule has 0 saturated carbocycles. The Hall–Kier alpha value is -1.57. The number of benzene rings is 1. The van der Waals surface area contributed by atoms with E-state index in [1.807, 2.05) is 31.2 Å². The van der Waals surface area contributed by atoms with Gasteiger partial charge in [-0.2, -0.15) is 0 Å². The monoisotopic (exact) mass is 229 g/mol. The topological polar surface area (TPSA) is 29.1 Å². The molecule has 0 aliphatic heterocycles. The quantitative estimate of drug-likeness (QED) is 0.792. The van der Waals surface area contributed by atoms with Crippen molar-refractivity contribution >= 4 is 5.91 Å². The largest absolute Gasteiger partial charge is 0.348 e. The molecule has 1 N–H and O–H groups in total. The Bertz CT molecular complexity index is 434. The lowest BCUT2D eigenvalue weighted by atomic mass is 9.99. The Morgan fingerprint density at radius 3 is 2.82 bits per heavy atom. The number of allylic oxidation sites excluding steroid dienone is 1. The molecule has 0 aromatic heterocycles. The minimum Gasteiger partial charge on any atom is -0.348 e. The zero-order chi connectivity index (χ0) is 12.1. The van der Waals surface area contributed by atoms with E-state index in [2.05, 4.69) is 11.4 Å². The molecule has 1 aromatic rings. The lowest BCUT2D eigenvalue weighted by molar-refractivity contribution is 0.0956. The molecule has 0 saturated heterocycles. The Balaban J connectivity index is 1.93. The molecular formula is C15H19NO. The van der Waals surface area contributed by atoms with Crippen LogP contribution >= 0.6 is 0 Å². The van der Waals surface area contributed by atoms with Crippen molar-refractivity contribution in [2.24, 2.45) is 0 Å². The molecule has 1 amide bonds. The van der Waals surface area contributed by atoms with E-state index in [1.165, 1.54) is 18.4 Å². The molecule has 0 bridgehead atoms. The summed E-state index contributed by atoms with van der Waals surface area (Å²) in [6.45, 7) is 2.67. The van der Waals surface area contributed by atoms with Crippen LogP contribution in [0.3, 0.4) is 0 Å². The van der Waals surface area contributed by atoms with Crippen molar-refractivity contribution in [3.63, 3.8) is 0 Å². The predicted molar refractivity (Wildman–Crippen MR) is 70.1 cm³/mol. The van der Waals surface area contributed by atoms with E-state index in [0.717, 1.165) is 24.0 Å². The Morgan fingerprint density at radius 2 is 2.12 bits per heavy atom. The van der Waals surface area contributed by atoms with Gasteiger partial charge in [-0.1, -0.05) is 29.8 Å². The first kappa shape index (κ1) is 11.9. The van der Waals surface area contributed by atoms with Crippen molar-refractivity contribution in [1.29, 1.82) is 0 Å². The minimum absolute atomic E-state index is 0.0366. The number of carbonyl (C=O) groups excluding carboxylic acids is 1. The standard InChI is InChI=1S/C15H19NO/c1-12-7-5-6-10-14(12)15(17)16-11-13-8-3-2-4-9-13/h5-8,10H,2-4,9,11H2,1H3,(H,16,17). The Kier molecular flexibility index (Phi) is 3.97. The van der Waals surface area contributed by atoms with Crippen LogP contribution in [-0.4, -0.2) is 12.5 Å². The molecule has 1 aliphatic rings. The molecule has 2 heteroatoms. The third-order valence-corrected chi connectivity index (χ3v) is 3.25. The van der Waals surface area contributed by atoms with Gasteiger partial charge >= 0.3 is 0 Å². The Labute approximate surface area is 103 Å². The highest BCUT2D eigenvalue weighted by molar-refractivity contribution is 5.95. The predicted octanol–water partition coefficient (Wildman–Crippen LogP) is 3.23. The molecule has 0 fully saturated rings. The SMILES string of the molecule is Cc1ccccc1C(=O)NCC1=CCCCC1. The molecule has 0 unspecified atom stereocenters. The highest BCUT2D eigenvalue weighted by atomic mass is 16.1. The maximum absolute atomic E-state index is 12.0. The molecule has 2 rings (SSSR count). The van der Waals surface area contributed by atoms with Crippen molar-refractivity contribution in [2.75, 3.05) is 6.54 Å². The molecule has 0 atom stereocenters. The molecule has 0 heterocycles. The fourth-order valence-corrected chi connectivity index (χ4v) is 2.18. The molecule has 0 radical (unpaired) electrons. The van der Waals surface area contributed by atoms with Gasteiger partial charge in [-0.3, -0.25) is 4.79 Å². The molecule has 2 nitrogen and oxygen atoms in total. The first-order valence-electron chi connectivity index (χ1n) is 6.29. The van der Waals surface area contributed by atoms with Gasteiger partial charge in [0.2, 0.25) is 0 Å². The van der Waals surface area contributed by atoms with Crippen LogP contribution in [0.4, 0.5) is 0 Å². The highest BCUT2D eigenvalue weighted by Crippen LogP contribution is 2.16. The van der Waals surface area contributed by atoms with E-state index in [0.29, 0.717) is 6.54 Å². The summed E-state index contributed by atoms with van der Waals surface area (Å²) < 4.78 is 0. The average molecular weight is 229 g/mol. The molecule has 90 valence electrons. The summed E-state index contributed by atoms with van der Waals surface area (Å²) in [6, 6.07) is 7.70.